The largest absolute Gasteiger partial charge is 0.508 e. The standard InChI is InChI=1S/C36H43N3O5S.C22H25NO3S.C14H19ClN2O2.CH4/c1-5-43-36(41)32-22-31-35(45-32)33(25-9-7-6-8-10-25)34(38(31)4)26-11-14-29(15-12-26)44-23-27-21-28(37(3)24(2)40)13-16-30(27)39-17-19-42-20-18-39;1-3-26-22(25)18-13-17-21(27-18)19(14-7-5-4-6-8-14)20(23(17)2)15-9-11-16(24)12-10-15;1-11(18)16(2)13-3-4-14(12(9-13)10-15)17-5-7-19-8-6-17;/h11-16,21-22,25H,5-10,17-20,23H2,1-4H3;9-14,24H,3-8H2,1-2H3;3-4,9H,5-8,10H2,1-2H3;1H4. The van der Waals surface area contributed by atoms with Crippen LogP contribution in [0.4, 0.5) is 22.7 Å². The second-order valence-electron chi connectivity index (χ2n) is 23.9. The van der Waals surface area contributed by atoms with Crippen LogP contribution < -0.4 is 24.3 Å². The summed E-state index contributed by atoms with van der Waals surface area (Å²) in [6.07, 6.45) is 12.3. The number of amides is 2. The van der Waals surface area contributed by atoms with E-state index in [1.807, 2.05) is 74.5 Å². The van der Waals surface area contributed by atoms with Crippen LogP contribution in [-0.4, -0.2) is 118 Å². The minimum Gasteiger partial charge on any atom is -0.508 e. The van der Waals surface area contributed by atoms with Gasteiger partial charge in [-0.2, -0.15) is 0 Å². The zero-order valence-corrected chi connectivity index (χ0v) is 56.3. The molecule has 12 rings (SSSR count). The first-order valence-corrected chi connectivity index (χ1v) is 34.3. The molecule has 2 saturated carbocycles. The van der Waals surface area contributed by atoms with Gasteiger partial charge in [0.05, 0.1) is 71.5 Å². The number of esters is 2. The van der Waals surface area contributed by atoms with Crippen LogP contribution in [-0.2, 0) is 55.1 Å². The molecule has 2 amide bonds. The highest BCUT2D eigenvalue weighted by Gasteiger charge is 2.31. The van der Waals surface area contributed by atoms with Gasteiger partial charge in [-0.05, 0) is 176 Å². The number of aryl methyl sites for hydroxylation is 2. The highest BCUT2D eigenvalue weighted by atomic mass is 35.5. The first kappa shape index (κ1) is 69.0. The molecule has 4 aromatic heterocycles. The fraction of sp³-hybridized carbons (Fsp3) is 0.452. The number of aromatic nitrogens is 2. The number of halogens is 1. The molecular weight excluding hydrogens is 1220 g/mol. The molecule has 0 bridgehead atoms. The Morgan fingerprint density at radius 3 is 1.38 bits per heavy atom. The summed E-state index contributed by atoms with van der Waals surface area (Å²) in [6.45, 7) is 14.2. The number of alkyl halides is 1. The third-order valence-electron chi connectivity index (χ3n) is 18.2. The number of hydrogen-bond donors (Lipinski definition) is 1. The van der Waals surface area contributed by atoms with Crippen LogP contribution in [0.25, 0.3) is 42.9 Å². The minimum atomic E-state index is -0.244. The van der Waals surface area contributed by atoms with Crippen LogP contribution in [0.1, 0.15) is 153 Å². The topological polar surface area (TPSA) is 157 Å². The highest BCUT2D eigenvalue weighted by Crippen LogP contribution is 2.49. The lowest BCUT2D eigenvalue weighted by Crippen LogP contribution is -2.37. The molecule has 0 unspecified atom stereocenters. The van der Waals surface area contributed by atoms with E-state index < -0.39 is 0 Å². The van der Waals surface area contributed by atoms with E-state index >= 15 is 0 Å². The molecule has 0 radical (unpaired) electrons. The molecule has 492 valence electrons. The van der Waals surface area contributed by atoms with Crippen molar-refractivity contribution in [2.75, 3.05) is 99.5 Å². The monoisotopic (exact) mass is 1310 g/mol. The van der Waals surface area contributed by atoms with Crippen LogP contribution in [0.2, 0.25) is 0 Å². The number of rotatable bonds is 16. The number of carbonyl (C=O) groups excluding carboxylic acids is 4. The van der Waals surface area contributed by atoms with Gasteiger partial charge >= 0.3 is 11.9 Å². The highest BCUT2D eigenvalue weighted by molar-refractivity contribution is 7.21. The van der Waals surface area contributed by atoms with Crippen molar-refractivity contribution in [2.45, 2.75) is 124 Å². The Balaban J connectivity index is 0.000000180. The molecule has 6 heterocycles. The zero-order valence-electron chi connectivity index (χ0n) is 53.9. The molecule has 16 nitrogen and oxygen atoms in total. The van der Waals surface area contributed by atoms with E-state index in [1.165, 1.54) is 96.1 Å². The smallest absolute Gasteiger partial charge is 0.348 e. The molecule has 1 N–H and O–H groups in total. The zero-order chi connectivity index (χ0) is 64.3. The fourth-order valence-electron chi connectivity index (χ4n) is 13.2. The number of anilines is 4. The lowest BCUT2D eigenvalue weighted by atomic mass is 9.83. The Kier molecular flexibility index (Phi) is 24.0. The number of fused-ring (bicyclic) bond motifs is 2. The van der Waals surface area contributed by atoms with Gasteiger partial charge in [0.1, 0.15) is 27.9 Å². The average Bonchev–Trinajstić information content (AvgIpc) is 1.60. The van der Waals surface area contributed by atoms with Crippen molar-refractivity contribution in [1.29, 1.82) is 0 Å². The molecule has 2 aliphatic heterocycles. The van der Waals surface area contributed by atoms with Gasteiger partial charge in [0.2, 0.25) is 11.8 Å². The van der Waals surface area contributed by atoms with E-state index in [0.717, 1.165) is 101 Å². The molecule has 92 heavy (non-hydrogen) atoms. The maximum atomic E-state index is 12.6. The molecule has 0 atom stereocenters. The Hall–Kier alpha value is -7.35. The van der Waals surface area contributed by atoms with Crippen molar-refractivity contribution in [2.24, 2.45) is 14.1 Å². The summed E-state index contributed by atoms with van der Waals surface area (Å²) in [6, 6.07) is 31.9. The van der Waals surface area contributed by atoms with Gasteiger partial charge in [-0.1, -0.05) is 46.0 Å². The summed E-state index contributed by atoms with van der Waals surface area (Å²) in [5, 5.41) is 9.68. The normalized spacial score (nSPS) is 15.4. The van der Waals surface area contributed by atoms with E-state index in [1.54, 1.807) is 72.5 Å². The third-order valence-corrected chi connectivity index (χ3v) is 20.7. The van der Waals surface area contributed by atoms with Gasteiger partial charge in [0.25, 0.3) is 0 Å². The Morgan fingerprint density at radius 2 is 0.978 bits per heavy atom. The Bertz CT molecular complexity index is 3810. The number of phenols is 1. The van der Waals surface area contributed by atoms with Crippen LogP contribution in [0.15, 0.2) is 97.1 Å². The van der Waals surface area contributed by atoms with E-state index in [2.05, 4.69) is 57.3 Å². The molecule has 8 aromatic rings. The number of nitrogens with zero attached hydrogens (tertiary/aromatic N) is 6. The fourth-order valence-corrected chi connectivity index (χ4v) is 15.8. The predicted molar refractivity (Wildman–Crippen MR) is 375 cm³/mol. The van der Waals surface area contributed by atoms with Gasteiger partial charge < -0.3 is 57.5 Å². The van der Waals surface area contributed by atoms with Crippen LogP contribution in [0, 0.1) is 0 Å². The molecule has 2 aliphatic carbocycles. The first-order chi connectivity index (χ1) is 44.1. The number of benzene rings is 4. The number of morpholine rings is 2. The maximum absolute atomic E-state index is 12.6. The molecule has 4 aromatic carbocycles. The quantitative estimate of drug-likeness (QED) is 0.0722. The Morgan fingerprint density at radius 1 is 0.576 bits per heavy atom. The van der Waals surface area contributed by atoms with Gasteiger partial charge in [0.15, 0.2) is 0 Å². The van der Waals surface area contributed by atoms with Crippen LogP contribution in [0.5, 0.6) is 11.5 Å². The summed E-state index contributed by atoms with van der Waals surface area (Å²) in [5.41, 5.74) is 15.6. The van der Waals surface area contributed by atoms with Gasteiger partial charge in [0, 0.05) is 102 Å². The van der Waals surface area contributed by atoms with Crippen molar-refractivity contribution >= 4 is 101 Å². The number of hydrogen-bond acceptors (Lipinski definition) is 14. The number of carbonyl (C=O) groups is 4. The molecule has 19 heteroatoms. The first-order valence-electron chi connectivity index (χ1n) is 32.2. The molecule has 4 aliphatic rings. The van der Waals surface area contributed by atoms with Crippen LogP contribution >= 0.6 is 34.3 Å². The lowest BCUT2D eigenvalue weighted by molar-refractivity contribution is -0.117. The van der Waals surface area contributed by atoms with E-state index in [4.69, 9.17) is 35.3 Å². The van der Waals surface area contributed by atoms with Crippen molar-refractivity contribution in [1.82, 2.24) is 9.13 Å². The van der Waals surface area contributed by atoms with E-state index in [-0.39, 0.29) is 36.9 Å². The number of thiophene rings is 2. The minimum absolute atomic E-state index is 0. The van der Waals surface area contributed by atoms with Gasteiger partial charge in [-0.3, -0.25) is 9.59 Å². The maximum Gasteiger partial charge on any atom is 0.348 e. The summed E-state index contributed by atoms with van der Waals surface area (Å²) in [5.74, 6) is 2.01. The second kappa shape index (κ2) is 32.0. The number of aromatic hydroxyl groups is 1. The lowest BCUT2D eigenvalue weighted by Gasteiger charge is -2.31. The molecular formula is C73H91ClN6O10S2. The van der Waals surface area contributed by atoms with Gasteiger partial charge in [-0.25, -0.2) is 9.59 Å². The third kappa shape index (κ3) is 15.6. The Labute approximate surface area is 555 Å². The van der Waals surface area contributed by atoms with Crippen LogP contribution in [0.3, 0.4) is 0 Å². The van der Waals surface area contributed by atoms with E-state index in [0.29, 0.717) is 60.5 Å². The van der Waals surface area contributed by atoms with Crippen molar-refractivity contribution in [3.63, 3.8) is 0 Å². The number of ether oxygens (including phenoxy) is 5. The van der Waals surface area contributed by atoms with E-state index in [9.17, 15) is 24.3 Å². The predicted octanol–water partition coefficient (Wildman–Crippen LogP) is 16.2. The molecule has 4 fully saturated rings. The summed E-state index contributed by atoms with van der Waals surface area (Å²) in [4.78, 5) is 57.6. The van der Waals surface area contributed by atoms with Crippen molar-refractivity contribution in [3.05, 3.63) is 129 Å². The SMILES string of the molecule is C.CC(=O)N(C)c1ccc(N2CCOCC2)c(CCl)c1.CCOC(=O)c1cc2c(s1)c(C1CCCCC1)c(-c1ccc(O)cc1)n2C.CCOC(=O)c1cc2c(s1)c(C1CCCCC1)c(-c1ccc(OCc3cc(N(C)C(C)=O)ccc3N3CCOCC3)cc1)n2C. The molecule has 0 spiro atoms. The summed E-state index contributed by atoms with van der Waals surface area (Å²) >= 11 is 9.17. The number of phenolic OH excluding ortho intramolecular Hbond substituents is 1. The second-order valence-corrected chi connectivity index (χ2v) is 26.2. The summed E-state index contributed by atoms with van der Waals surface area (Å²) in [7, 11) is 7.74. The average molecular weight is 1310 g/mol. The summed E-state index contributed by atoms with van der Waals surface area (Å²) < 4.78 is 34.7. The van der Waals surface area contributed by atoms with Gasteiger partial charge in [-0.15, -0.1) is 34.3 Å². The molecule has 2 saturated heterocycles. The van der Waals surface area contributed by atoms with Crippen molar-refractivity contribution < 1.29 is 48.0 Å². The van der Waals surface area contributed by atoms with Crippen molar-refractivity contribution in [3.8, 4) is 34.0 Å².